The second-order valence-electron chi connectivity index (χ2n) is 4.08. The summed E-state index contributed by atoms with van der Waals surface area (Å²) in [5, 5.41) is 18.8. The van der Waals surface area contributed by atoms with E-state index in [1.54, 1.807) is 12.1 Å². The summed E-state index contributed by atoms with van der Waals surface area (Å²) in [5.41, 5.74) is -1.37. The smallest absolute Gasteiger partial charge is 0.323 e. The van der Waals surface area contributed by atoms with Gasteiger partial charge in [0.05, 0.1) is 7.11 Å². The van der Waals surface area contributed by atoms with E-state index in [-0.39, 0.29) is 12.2 Å². The molecule has 98 valence electrons. The van der Waals surface area contributed by atoms with E-state index < -0.39 is 17.4 Å². The Morgan fingerprint density at radius 2 is 2.06 bits per heavy atom. The molecule has 18 heavy (non-hydrogen) atoms. The van der Waals surface area contributed by atoms with E-state index in [0.717, 1.165) is 7.11 Å². The third-order valence-corrected chi connectivity index (χ3v) is 3.19. The number of carboxylic acids is 1. The predicted molar refractivity (Wildman–Crippen MR) is 67.3 cm³/mol. The number of esters is 1. The van der Waals surface area contributed by atoms with Crippen LogP contribution in [0.3, 0.4) is 0 Å². The molecule has 0 saturated carbocycles. The van der Waals surface area contributed by atoms with Crippen LogP contribution in [0.4, 0.5) is 0 Å². The molecule has 0 fully saturated rings. The van der Waals surface area contributed by atoms with Crippen LogP contribution in [-0.2, 0) is 20.7 Å². The Hall–Kier alpha value is -1.56. The van der Waals surface area contributed by atoms with Crippen LogP contribution in [0.5, 0.6) is 5.75 Å². The molecule has 1 atom stereocenters. The molecule has 0 radical (unpaired) electrons. The fourth-order valence-electron chi connectivity index (χ4n) is 1.54. The van der Waals surface area contributed by atoms with E-state index in [2.05, 4.69) is 20.7 Å². The first-order valence-electron chi connectivity index (χ1n) is 5.10. The molecule has 0 spiro atoms. The first-order chi connectivity index (χ1) is 8.31. The largest absolute Gasteiger partial charge is 0.508 e. The number of benzene rings is 1. The fourth-order valence-corrected chi connectivity index (χ4v) is 1.95. The monoisotopic (exact) mass is 316 g/mol. The Balaban J connectivity index is 3.15. The Labute approximate surface area is 113 Å². The number of hydrogen-bond donors (Lipinski definition) is 2. The highest BCUT2D eigenvalue weighted by atomic mass is 79.9. The summed E-state index contributed by atoms with van der Waals surface area (Å²) < 4.78 is 5.19. The van der Waals surface area contributed by atoms with Crippen LogP contribution < -0.4 is 0 Å². The van der Waals surface area contributed by atoms with Gasteiger partial charge in [-0.05, 0) is 30.7 Å². The summed E-state index contributed by atoms with van der Waals surface area (Å²) in [6, 6.07) is 4.62. The lowest BCUT2D eigenvalue weighted by molar-refractivity contribution is -0.165. The predicted octanol–water partition coefficient (Wildman–Crippen LogP) is 1.96. The third kappa shape index (κ3) is 2.81. The summed E-state index contributed by atoms with van der Waals surface area (Å²) in [6.07, 6.45) is -0.153. The molecule has 0 aliphatic rings. The number of carbonyl (C=O) groups is 2. The SMILES string of the molecule is COC(=O)C(C)(Cc1cc(Br)ccc1O)C(=O)O. The molecule has 0 aliphatic heterocycles. The Morgan fingerprint density at radius 1 is 1.44 bits per heavy atom. The van der Waals surface area contributed by atoms with Gasteiger partial charge in [0.25, 0.3) is 0 Å². The zero-order chi connectivity index (χ0) is 13.9. The minimum absolute atomic E-state index is 0.0606. The molecule has 0 aliphatic carbocycles. The second kappa shape index (κ2) is 5.39. The highest BCUT2D eigenvalue weighted by molar-refractivity contribution is 9.10. The first-order valence-corrected chi connectivity index (χ1v) is 5.89. The van der Waals surface area contributed by atoms with E-state index in [1.807, 2.05) is 0 Å². The van der Waals surface area contributed by atoms with Gasteiger partial charge in [0.2, 0.25) is 0 Å². The average molecular weight is 317 g/mol. The zero-order valence-electron chi connectivity index (χ0n) is 9.94. The molecule has 1 rings (SSSR count). The third-order valence-electron chi connectivity index (χ3n) is 2.69. The van der Waals surface area contributed by atoms with Crippen molar-refractivity contribution >= 4 is 27.9 Å². The van der Waals surface area contributed by atoms with Crippen LogP contribution >= 0.6 is 15.9 Å². The van der Waals surface area contributed by atoms with E-state index in [0.29, 0.717) is 10.0 Å². The van der Waals surface area contributed by atoms with Crippen molar-refractivity contribution in [2.45, 2.75) is 13.3 Å². The minimum Gasteiger partial charge on any atom is -0.508 e. The van der Waals surface area contributed by atoms with Gasteiger partial charge in [-0.15, -0.1) is 0 Å². The summed E-state index contributed by atoms with van der Waals surface area (Å²) in [4.78, 5) is 22.8. The molecule has 0 heterocycles. The molecule has 0 aromatic heterocycles. The highest BCUT2D eigenvalue weighted by Gasteiger charge is 2.43. The number of aliphatic carboxylic acids is 1. The topological polar surface area (TPSA) is 83.8 Å². The summed E-state index contributed by atoms with van der Waals surface area (Å²) in [6.45, 7) is 1.27. The molecule has 1 aromatic rings. The van der Waals surface area contributed by atoms with Crippen LogP contribution in [0.1, 0.15) is 12.5 Å². The van der Waals surface area contributed by atoms with Crippen LogP contribution in [0.25, 0.3) is 0 Å². The summed E-state index contributed by atoms with van der Waals surface area (Å²) in [7, 11) is 1.13. The molecule has 0 bridgehead atoms. The van der Waals surface area contributed by atoms with Crippen molar-refractivity contribution in [1.82, 2.24) is 0 Å². The zero-order valence-corrected chi connectivity index (χ0v) is 11.5. The standard InChI is InChI=1S/C12H13BrO5/c1-12(10(15)16,11(17)18-2)6-7-5-8(13)3-4-9(7)14/h3-5,14H,6H2,1-2H3,(H,15,16). The number of ether oxygens (including phenoxy) is 1. The fraction of sp³-hybridized carbons (Fsp3) is 0.333. The van der Waals surface area contributed by atoms with E-state index in [4.69, 9.17) is 5.11 Å². The van der Waals surface area contributed by atoms with Crippen LogP contribution in [0.2, 0.25) is 0 Å². The second-order valence-corrected chi connectivity index (χ2v) is 4.99. The van der Waals surface area contributed by atoms with Crippen LogP contribution in [0.15, 0.2) is 22.7 Å². The van der Waals surface area contributed by atoms with E-state index >= 15 is 0 Å². The number of phenolic OH excluding ortho intramolecular Hbond substituents is 1. The number of rotatable bonds is 4. The van der Waals surface area contributed by atoms with Gasteiger partial charge in [0.1, 0.15) is 5.75 Å². The van der Waals surface area contributed by atoms with Crippen molar-refractivity contribution < 1.29 is 24.5 Å². The maximum Gasteiger partial charge on any atom is 0.323 e. The normalized spacial score (nSPS) is 13.7. The average Bonchev–Trinajstić information content (AvgIpc) is 2.32. The first kappa shape index (κ1) is 14.5. The Bertz CT molecular complexity index is 485. The van der Waals surface area contributed by atoms with Gasteiger partial charge in [0, 0.05) is 10.9 Å². The number of aromatic hydroxyl groups is 1. The Kier molecular flexibility index (Phi) is 4.34. The maximum absolute atomic E-state index is 11.6. The number of methoxy groups -OCH3 is 1. The lowest BCUT2D eigenvalue weighted by Gasteiger charge is -2.22. The molecule has 6 heteroatoms. The van der Waals surface area contributed by atoms with Crippen LogP contribution in [-0.4, -0.2) is 29.3 Å². The van der Waals surface area contributed by atoms with Gasteiger partial charge in [-0.1, -0.05) is 15.9 Å². The number of halogens is 1. The number of phenols is 1. The highest BCUT2D eigenvalue weighted by Crippen LogP contribution is 2.31. The van der Waals surface area contributed by atoms with Crippen molar-refractivity contribution in [3.63, 3.8) is 0 Å². The van der Waals surface area contributed by atoms with Crippen molar-refractivity contribution in [3.05, 3.63) is 28.2 Å². The molecule has 0 amide bonds. The van der Waals surface area contributed by atoms with Gasteiger partial charge in [-0.2, -0.15) is 0 Å². The van der Waals surface area contributed by atoms with Crippen molar-refractivity contribution in [3.8, 4) is 5.75 Å². The quantitative estimate of drug-likeness (QED) is 0.655. The molecule has 5 nitrogen and oxygen atoms in total. The number of carboxylic acid groups (broad SMARTS) is 1. The van der Waals surface area contributed by atoms with Crippen LogP contribution in [0, 0.1) is 5.41 Å². The van der Waals surface area contributed by atoms with Gasteiger partial charge < -0.3 is 14.9 Å². The van der Waals surface area contributed by atoms with Crippen molar-refractivity contribution in [1.29, 1.82) is 0 Å². The molecular weight excluding hydrogens is 304 g/mol. The lowest BCUT2D eigenvalue weighted by Crippen LogP contribution is -2.39. The summed E-state index contributed by atoms with van der Waals surface area (Å²) >= 11 is 3.22. The number of hydrogen-bond acceptors (Lipinski definition) is 4. The molecule has 0 saturated heterocycles. The molecule has 2 N–H and O–H groups in total. The van der Waals surface area contributed by atoms with E-state index in [1.165, 1.54) is 13.0 Å². The maximum atomic E-state index is 11.6. The number of carbonyl (C=O) groups excluding carboxylic acids is 1. The molecular formula is C12H13BrO5. The summed E-state index contributed by atoms with van der Waals surface area (Å²) in [5.74, 6) is -2.21. The van der Waals surface area contributed by atoms with Gasteiger partial charge in [-0.25, -0.2) is 0 Å². The Morgan fingerprint density at radius 3 is 2.56 bits per heavy atom. The minimum atomic E-state index is -1.73. The van der Waals surface area contributed by atoms with Crippen molar-refractivity contribution in [2.24, 2.45) is 5.41 Å². The molecule has 1 unspecified atom stereocenters. The van der Waals surface area contributed by atoms with E-state index in [9.17, 15) is 14.7 Å². The van der Waals surface area contributed by atoms with Crippen molar-refractivity contribution in [2.75, 3.05) is 7.11 Å². The van der Waals surface area contributed by atoms with Gasteiger partial charge in [-0.3, -0.25) is 9.59 Å². The van der Waals surface area contributed by atoms with Gasteiger partial charge >= 0.3 is 11.9 Å². The lowest BCUT2D eigenvalue weighted by atomic mass is 9.83. The molecule has 1 aromatic carbocycles. The van der Waals surface area contributed by atoms with Gasteiger partial charge in [0.15, 0.2) is 5.41 Å².